The summed E-state index contributed by atoms with van der Waals surface area (Å²) in [6.07, 6.45) is 0.757. The SMILES string of the molecule is CCc1[nH]c2c(F)ccc(OCC(=O)O)c2c(=O)c1Cc1ccc(C(C)=O)cc1. The minimum Gasteiger partial charge on any atom is -0.481 e. The number of pyridine rings is 1. The molecule has 0 aliphatic carbocycles. The average molecular weight is 397 g/mol. The van der Waals surface area contributed by atoms with E-state index in [0.717, 1.165) is 11.6 Å². The van der Waals surface area contributed by atoms with Gasteiger partial charge in [0.1, 0.15) is 11.6 Å². The molecular weight excluding hydrogens is 377 g/mol. The summed E-state index contributed by atoms with van der Waals surface area (Å²) in [7, 11) is 0. The maximum atomic E-state index is 14.4. The Morgan fingerprint density at radius 2 is 1.83 bits per heavy atom. The van der Waals surface area contributed by atoms with Crippen LogP contribution in [-0.4, -0.2) is 28.4 Å². The third-order valence-corrected chi connectivity index (χ3v) is 4.70. The van der Waals surface area contributed by atoms with Crippen molar-refractivity contribution in [3.63, 3.8) is 0 Å². The Balaban J connectivity index is 2.14. The summed E-state index contributed by atoms with van der Waals surface area (Å²) in [5.41, 5.74) is 2.01. The summed E-state index contributed by atoms with van der Waals surface area (Å²) in [6.45, 7) is 2.69. The number of H-pyrrole nitrogens is 1. The van der Waals surface area contributed by atoms with Gasteiger partial charge in [-0.1, -0.05) is 31.2 Å². The van der Waals surface area contributed by atoms with Crippen molar-refractivity contribution in [2.45, 2.75) is 26.7 Å². The number of carboxylic acid groups (broad SMARTS) is 1. The molecule has 0 radical (unpaired) electrons. The molecule has 0 amide bonds. The molecule has 6 nitrogen and oxygen atoms in total. The molecule has 0 saturated carbocycles. The van der Waals surface area contributed by atoms with Crippen molar-refractivity contribution < 1.29 is 23.8 Å². The highest BCUT2D eigenvalue weighted by molar-refractivity contribution is 5.94. The van der Waals surface area contributed by atoms with E-state index >= 15 is 0 Å². The number of aryl methyl sites for hydroxylation is 1. The highest BCUT2D eigenvalue weighted by Gasteiger charge is 2.18. The molecule has 3 rings (SSSR count). The molecule has 7 heteroatoms. The molecule has 0 saturated heterocycles. The van der Waals surface area contributed by atoms with Gasteiger partial charge in [-0.05, 0) is 31.0 Å². The van der Waals surface area contributed by atoms with Crippen molar-refractivity contribution in [3.05, 3.63) is 74.8 Å². The van der Waals surface area contributed by atoms with Crippen molar-refractivity contribution in [2.24, 2.45) is 0 Å². The number of hydrogen-bond acceptors (Lipinski definition) is 4. The molecule has 2 N–H and O–H groups in total. The molecule has 2 aromatic carbocycles. The standard InChI is InChI=1S/C22H20FNO5/c1-3-17-15(10-13-4-6-14(7-5-13)12(2)25)22(28)20-18(29-11-19(26)27)9-8-16(23)21(20)24-17/h4-9H,3,10-11H2,1-2H3,(H,24,28)(H,26,27). The first-order chi connectivity index (χ1) is 13.8. The average Bonchev–Trinajstić information content (AvgIpc) is 2.69. The number of carbonyl (C=O) groups excluding carboxylic acids is 1. The highest BCUT2D eigenvalue weighted by atomic mass is 19.1. The van der Waals surface area contributed by atoms with E-state index < -0.39 is 23.8 Å². The Morgan fingerprint density at radius 1 is 1.14 bits per heavy atom. The van der Waals surface area contributed by atoms with E-state index in [1.54, 1.807) is 24.3 Å². The zero-order valence-corrected chi connectivity index (χ0v) is 16.0. The maximum absolute atomic E-state index is 14.4. The normalized spacial score (nSPS) is 10.9. The molecule has 0 fully saturated rings. The zero-order chi connectivity index (χ0) is 21.1. The summed E-state index contributed by atoms with van der Waals surface area (Å²) in [6, 6.07) is 9.32. The van der Waals surface area contributed by atoms with Crippen LogP contribution in [0.25, 0.3) is 10.9 Å². The van der Waals surface area contributed by atoms with Gasteiger partial charge in [-0.25, -0.2) is 9.18 Å². The fourth-order valence-electron chi connectivity index (χ4n) is 3.23. The van der Waals surface area contributed by atoms with Gasteiger partial charge in [0.25, 0.3) is 0 Å². The number of rotatable bonds is 7. The predicted octanol–water partition coefficient (Wildman–Crippen LogP) is 3.49. The Morgan fingerprint density at radius 3 is 2.41 bits per heavy atom. The Hall–Kier alpha value is -3.48. The lowest BCUT2D eigenvalue weighted by molar-refractivity contribution is -0.139. The van der Waals surface area contributed by atoms with E-state index in [9.17, 15) is 18.8 Å². The second-order valence-corrected chi connectivity index (χ2v) is 6.67. The lowest BCUT2D eigenvalue weighted by Gasteiger charge is -2.13. The van der Waals surface area contributed by atoms with E-state index in [1.807, 2.05) is 6.92 Å². The Labute approximate surface area is 166 Å². The van der Waals surface area contributed by atoms with Gasteiger partial charge in [-0.15, -0.1) is 0 Å². The summed E-state index contributed by atoms with van der Waals surface area (Å²) >= 11 is 0. The number of halogens is 1. The Kier molecular flexibility index (Phi) is 5.77. The van der Waals surface area contributed by atoms with Crippen molar-refractivity contribution in [2.75, 3.05) is 6.61 Å². The second-order valence-electron chi connectivity index (χ2n) is 6.67. The van der Waals surface area contributed by atoms with E-state index in [4.69, 9.17) is 9.84 Å². The van der Waals surface area contributed by atoms with Gasteiger partial charge in [0.05, 0.1) is 10.9 Å². The largest absolute Gasteiger partial charge is 0.481 e. The minimum atomic E-state index is -1.20. The van der Waals surface area contributed by atoms with Crippen LogP contribution in [0.5, 0.6) is 5.75 Å². The molecule has 1 heterocycles. The van der Waals surface area contributed by atoms with Gasteiger partial charge in [0, 0.05) is 23.2 Å². The van der Waals surface area contributed by atoms with Gasteiger partial charge in [-0.2, -0.15) is 0 Å². The predicted molar refractivity (Wildman–Crippen MR) is 106 cm³/mol. The smallest absolute Gasteiger partial charge is 0.341 e. The molecular formula is C22H20FNO5. The molecule has 0 unspecified atom stereocenters. The Bertz CT molecular complexity index is 1150. The van der Waals surface area contributed by atoms with Crippen molar-refractivity contribution in [1.82, 2.24) is 4.98 Å². The monoisotopic (exact) mass is 397 g/mol. The van der Waals surface area contributed by atoms with Crippen molar-refractivity contribution in [1.29, 1.82) is 0 Å². The topological polar surface area (TPSA) is 96.5 Å². The maximum Gasteiger partial charge on any atom is 0.341 e. The van der Waals surface area contributed by atoms with Crippen LogP contribution in [0.4, 0.5) is 4.39 Å². The van der Waals surface area contributed by atoms with E-state index in [0.29, 0.717) is 23.2 Å². The number of Topliss-reactive ketones (excluding diaryl/α,β-unsaturated/α-hetero) is 1. The number of aromatic nitrogens is 1. The molecule has 29 heavy (non-hydrogen) atoms. The van der Waals surface area contributed by atoms with Crippen LogP contribution in [0.3, 0.4) is 0 Å². The van der Waals surface area contributed by atoms with E-state index in [-0.39, 0.29) is 28.9 Å². The first kappa shape index (κ1) is 20.3. The van der Waals surface area contributed by atoms with Crippen molar-refractivity contribution in [3.8, 4) is 5.75 Å². The summed E-state index contributed by atoms with van der Waals surface area (Å²) < 4.78 is 19.6. The van der Waals surface area contributed by atoms with Crippen LogP contribution in [-0.2, 0) is 17.6 Å². The number of nitrogens with one attached hydrogen (secondary N) is 1. The third kappa shape index (κ3) is 4.18. The van der Waals surface area contributed by atoms with Gasteiger partial charge in [0.15, 0.2) is 17.8 Å². The molecule has 0 aliphatic heterocycles. The van der Waals surface area contributed by atoms with Gasteiger partial charge in [-0.3, -0.25) is 9.59 Å². The second kappa shape index (κ2) is 8.26. The molecule has 1 aromatic heterocycles. The van der Waals surface area contributed by atoms with E-state index in [2.05, 4.69) is 4.98 Å². The number of carboxylic acids is 1. The van der Waals surface area contributed by atoms with Crippen LogP contribution in [0.15, 0.2) is 41.2 Å². The fourth-order valence-corrected chi connectivity index (χ4v) is 3.23. The highest BCUT2D eigenvalue weighted by Crippen LogP contribution is 2.26. The van der Waals surface area contributed by atoms with Crippen LogP contribution in [0.2, 0.25) is 0 Å². The zero-order valence-electron chi connectivity index (χ0n) is 16.0. The first-order valence-electron chi connectivity index (χ1n) is 9.12. The number of fused-ring (bicyclic) bond motifs is 1. The lowest BCUT2D eigenvalue weighted by Crippen LogP contribution is -2.18. The quantitative estimate of drug-likeness (QED) is 0.595. The summed E-state index contributed by atoms with van der Waals surface area (Å²) in [5.74, 6) is -1.85. The lowest BCUT2D eigenvalue weighted by atomic mass is 9.98. The van der Waals surface area contributed by atoms with Crippen LogP contribution < -0.4 is 10.2 Å². The van der Waals surface area contributed by atoms with Crippen LogP contribution in [0, 0.1) is 5.82 Å². The van der Waals surface area contributed by atoms with Gasteiger partial charge < -0.3 is 14.8 Å². The number of aliphatic carboxylic acids is 1. The summed E-state index contributed by atoms with van der Waals surface area (Å²) in [5, 5.41) is 8.84. The van der Waals surface area contributed by atoms with Crippen LogP contribution in [0.1, 0.15) is 41.0 Å². The van der Waals surface area contributed by atoms with Gasteiger partial charge >= 0.3 is 5.97 Å². The van der Waals surface area contributed by atoms with E-state index in [1.165, 1.54) is 13.0 Å². The minimum absolute atomic E-state index is 0.00887. The molecule has 150 valence electrons. The number of hydrogen-bond donors (Lipinski definition) is 2. The fraction of sp³-hybridized carbons (Fsp3) is 0.227. The summed E-state index contributed by atoms with van der Waals surface area (Å²) in [4.78, 5) is 38.5. The number of ether oxygens (including phenoxy) is 1. The molecule has 0 bridgehead atoms. The number of aromatic amines is 1. The van der Waals surface area contributed by atoms with Gasteiger partial charge in [0.2, 0.25) is 0 Å². The molecule has 0 atom stereocenters. The van der Waals surface area contributed by atoms with Crippen molar-refractivity contribution >= 4 is 22.7 Å². The molecule has 0 spiro atoms. The number of carbonyl (C=O) groups is 2. The number of ketones is 1. The number of benzene rings is 2. The third-order valence-electron chi connectivity index (χ3n) is 4.70. The first-order valence-corrected chi connectivity index (χ1v) is 9.12. The molecule has 0 aliphatic rings. The van der Waals surface area contributed by atoms with Crippen LogP contribution >= 0.6 is 0 Å². The molecule has 3 aromatic rings.